The molecule has 28 heavy (non-hydrogen) atoms. The molecule has 0 heterocycles. The Morgan fingerprint density at radius 1 is 1.04 bits per heavy atom. The van der Waals surface area contributed by atoms with Crippen LogP contribution in [-0.2, 0) is 10.9 Å². The summed E-state index contributed by atoms with van der Waals surface area (Å²) in [5.74, 6) is 0. The fourth-order valence-electron chi connectivity index (χ4n) is 2.73. The van der Waals surface area contributed by atoms with Crippen molar-refractivity contribution in [1.82, 2.24) is 0 Å². The Kier molecular flexibility index (Phi) is 7.38. The van der Waals surface area contributed by atoms with Gasteiger partial charge in [0.1, 0.15) is 6.04 Å². The third-order valence-electron chi connectivity index (χ3n) is 5.44. The maximum absolute atomic E-state index is 11.5. The van der Waals surface area contributed by atoms with Gasteiger partial charge in [0.25, 0.3) is 0 Å². The summed E-state index contributed by atoms with van der Waals surface area (Å²) in [5.41, 5.74) is 2.04. The van der Waals surface area contributed by atoms with Gasteiger partial charge in [-0.15, -0.1) is 0 Å². The minimum atomic E-state index is -2.17. The zero-order chi connectivity index (χ0) is 20.8. The molecule has 0 saturated heterocycles. The number of hydrogen-bond donors (Lipinski definition) is 0. The largest absolute Gasteiger partial charge is 0.319 e. The number of aryl methyl sites for hydroxylation is 1. The van der Waals surface area contributed by atoms with Crippen LogP contribution in [0.1, 0.15) is 32.8 Å². The summed E-state index contributed by atoms with van der Waals surface area (Å²) >= 11 is 0. The molecule has 0 radical (unpaired) electrons. The van der Waals surface area contributed by atoms with Crippen molar-refractivity contribution < 1.29 is 9.45 Å². The van der Waals surface area contributed by atoms with Gasteiger partial charge >= 0.3 is 0 Å². The van der Waals surface area contributed by atoms with Gasteiger partial charge < -0.3 is 4.53 Å². The molecule has 0 aliphatic rings. The Morgan fingerprint density at radius 2 is 1.57 bits per heavy atom. The van der Waals surface area contributed by atoms with E-state index in [-0.39, 0.29) is 22.5 Å². The second-order valence-corrected chi connectivity index (χ2v) is 13.4. The lowest BCUT2D eigenvalue weighted by Gasteiger charge is -2.42. The molecule has 152 valence electrons. The number of benzene rings is 2. The number of rotatable bonds is 9. The maximum Gasteiger partial charge on any atom is 0.228 e. The summed E-state index contributed by atoms with van der Waals surface area (Å²) in [6.07, 6.45) is 1.41. The lowest BCUT2D eigenvalue weighted by Crippen LogP contribution is -2.51. The molecule has 0 aliphatic heterocycles. The van der Waals surface area contributed by atoms with Crippen molar-refractivity contribution in [2.75, 3.05) is 11.6 Å². The van der Waals surface area contributed by atoms with Gasteiger partial charge in [-0.2, -0.15) is 0 Å². The zero-order valence-electron chi connectivity index (χ0n) is 17.6. The first-order valence-corrected chi connectivity index (χ1v) is 12.7. The van der Waals surface area contributed by atoms with Crippen LogP contribution in [0.3, 0.4) is 0 Å². The van der Waals surface area contributed by atoms with Crippen molar-refractivity contribution in [3.05, 3.63) is 76.3 Å². The summed E-state index contributed by atoms with van der Waals surface area (Å²) < 4.78 is 6.61. The molecule has 0 fully saturated rings. The minimum absolute atomic E-state index is 0.00136. The number of nitrogens with zero attached hydrogens (tertiary/aromatic N) is 2. The number of hydroxylamine groups is 1. The third kappa shape index (κ3) is 6.17. The van der Waals surface area contributed by atoms with E-state index in [1.165, 1.54) is 5.56 Å². The molecule has 5 nitrogen and oxygen atoms in total. The first kappa shape index (κ1) is 22.1. The second kappa shape index (κ2) is 9.34. The molecule has 2 rings (SSSR count). The predicted octanol–water partition coefficient (Wildman–Crippen LogP) is 5.71. The number of hydrogen-bond acceptors (Lipinski definition) is 4. The topological polar surface area (TPSA) is 55.6 Å². The van der Waals surface area contributed by atoms with Gasteiger partial charge in [0.2, 0.25) is 14.9 Å². The monoisotopic (exact) mass is 400 g/mol. The van der Waals surface area contributed by atoms with Gasteiger partial charge in [-0.25, -0.2) is 0 Å². The molecule has 0 spiro atoms. The van der Waals surface area contributed by atoms with Crippen LogP contribution >= 0.6 is 0 Å². The van der Waals surface area contributed by atoms with Crippen molar-refractivity contribution in [1.29, 1.82) is 0 Å². The van der Waals surface area contributed by atoms with Crippen molar-refractivity contribution in [2.24, 2.45) is 0 Å². The number of anilines is 1. The number of para-hydroxylation sites is 1. The molecule has 0 amide bonds. The minimum Gasteiger partial charge on any atom is -0.319 e. The molecule has 1 unspecified atom stereocenters. The first-order chi connectivity index (χ1) is 13.1. The van der Waals surface area contributed by atoms with Gasteiger partial charge in [-0.1, -0.05) is 69.3 Å². The third-order valence-corrected chi connectivity index (χ3v) is 9.71. The molecule has 0 saturated carbocycles. The predicted molar refractivity (Wildman–Crippen MR) is 118 cm³/mol. The van der Waals surface area contributed by atoms with Gasteiger partial charge in [-0.3, -0.25) is 15.2 Å². The second-order valence-electron chi connectivity index (χ2n) is 8.71. The molecular formula is C22H32N2O3Si. The molecule has 2 aromatic carbocycles. The standard InChI is InChI=1S/C22H32N2O3Si/c1-22(2,3)28(4,5)27-24(20-14-10-7-11-15-20)21(18-23(25)26)17-16-19-12-8-6-9-13-19/h6-15,21H,16-18H2,1-5H3. The molecular weight excluding hydrogens is 368 g/mol. The van der Waals surface area contributed by atoms with Gasteiger partial charge in [0.05, 0.1) is 5.69 Å². The van der Waals surface area contributed by atoms with E-state index in [0.717, 1.165) is 12.1 Å². The van der Waals surface area contributed by atoms with Crippen LogP contribution in [0.15, 0.2) is 60.7 Å². The van der Waals surface area contributed by atoms with Gasteiger partial charge in [0.15, 0.2) is 0 Å². The Morgan fingerprint density at radius 3 is 2.07 bits per heavy atom. The van der Waals surface area contributed by atoms with Crippen LogP contribution in [0.25, 0.3) is 0 Å². The van der Waals surface area contributed by atoms with Crippen molar-refractivity contribution in [3.63, 3.8) is 0 Å². The number of nitro groups is 1. The summed E-state index contributed by atoms with van der Waals surface area (Å²) in [5, 5.41) is 13.3. The summed E-state index contributed by atoms with van der Waals surface area (Å²) in [7, 11) is -2.17. The van der Waals surface area contributed by atoms with Crippen LogP contribution in [0.5, 0.6) is 0 Å². The Bertz CT molecular complexity index is 745. The lowest BCUT2D eigenvalue weighted by molar-refractivity contribution is -0.483. The van der Waals surface area contributed by atoms with Crippen LogP contribution in [0.2, 0.25) is 18.1 Å². The molecule has 0 aliphatic carbocycles. The Balaban J connectivity index is 2.33. The Labute approximate surface area is 169 Å². The highest BCUT2D eigenvalue weighted by Gasteiger charge is 2.41. The van der Waals surface area contributed by atoms with E-state index in [1.54, 1.807) is 0 Å². The van der Waals surface area contributed by atoms with Gasteiger partial charge in [-0.05, 0) is 48.7 Å². The normalized spacial score (nSPS) is 13.2. The van der Waals surface area contributed by atoms with E-state index in [9.17, 15) is 10.1 Å². The summed E-state index contributed by atoms with van der Waals surface area (Å²) in [4.78, 5) is 11.2. The van der Waals surface area contributed by atoms with E-state index in [0.29, 0.717) is 6.42 Å². The van der Waals surface area contributed by atoms with E-state index in [1.807, 2.05) is 53.6 Å². The molecule has 0 aromatic heterocycles. The SMILES string of the molecule is CC(C)(C)[Si](C)(C)ON(c1ccccc1)C(CCc1ccccc1)C[N+](=O)[O-]. The maximum atomic E-state index is 11.5. The van der Waals surface area contributed by atoms with Crippen LogP contribution < -0.4 is 5.06 Å². The zero-order valence-corrected chi connectivity index (χ0v) is 18.6. The quantitative estimate of drug-likeness (QED) is 0.307. The highest BCUT2D eigenvalue weighted by atomic mass is 28.4. The molecule has 0 bridgehead atoms. The van der Waals surface area contributed by atoms with Crippen molar-refractivity contribution in [2.45, 2.75) is 57.8 Å². The lowest BCUT2D eigenvalue weighted by atomic mass is 10.0. The van der Waals surface area contributed by atoms with E-state index >= 15 is 0 Å². The fourth-order valence-corrected chi connectivity index (χ4v) is 3.75. The van der Waals surface area contributed by atoms with E-state index in [2.05, 4.69) is 46.0 Å². The van der Waals surface area contributed by atoms with E-state index < -0.39 is 8.32 Å². The fraction of sp³-hybridized carbons (Fsp3) is 0.455. The summed E-state index contributed by atoms with van der Waals surface area (Å²) in [6, 6.07) is 19.5. The summed E-state index contributed by atoms with van der Waals surface area (Å²) in [6.45, 7) is 10.7. The highest BCUT2D eigenvalue weighted by molar-refractivity contribution is 6.74. The van der Waals surface area contributed by atoms with Crippen LogP contribution in [0.4, 0.5) is 5.69 Å². The average molecular weight is 401 g/mol. The average Bonchev–Trinajstić information content (AvgIpc) is 2.64. The molecule has 6 heteroatoms. The smallest absolute Gasteiger partial charge is 0.228 e. The first-order valence-electron chi connectivity index (χ1n) is 9.79. The molecule has 2 aromatic rings. The van der Waals surface area contributed by atoms with Crippen LogP contribution in [0, 0.1) is 10.1 Å². The Hall–Kier alpha value is -2.18. The van der Waals surface area contributed by atoms with Crippen molar-refractivity contribution in [3.8, 4) is 0 Å². The molecule has 0 N–H and O–H groups in total. The van der Waals surface area contributed by atoms with Crippen molar-refractivity contribution >= 4 is 14.0 Å². The van der Waals surface area contributed by atoms with E-state index in [4.69, 9.17) is 4.53 Å². The van der Waals surface area contributed by atoms with Crippen LogP contribution in [-0.4, -0.2) is 25.8 Å². The van der Waals surface area contributed by atoms with Gasteiger partial charge in [0, 0.05) is 4.92 Å². The molecule has 1 atom stereocenters. The highest BCUT2D eigenvalue weighted by Crippen LogP contribution is 2.38.